The topological polar surface area (TPSA) is 82.3 Å². The lowest BCUT2D eigenvalue weighted by Crippen LogP contribution is -2.47. The van der Waals surface area contributed by atoms with Crippen LogP contribution in [0.25, 0.3) is 0 Å². The van der Waals surface area contributed by atoms with E-state index in [0.29, 0.717) is 13.1 Å². The Bertz CT molecular complexity index is 598. The normalized spacial score (nSPS) is 19.3. The summed E-state index contributed by atoms with van der Waals surface area (Å²) in [6.07, 6.45) is 6.45. The molecule has 0 atom stereocenters. The second-order valence-electron chi connectivity index (χ2n) is 5.77. The van der Waals surface area contributed by atoms with Crippen LogP contribution in [0.2, 0.25) is 0 Å². The second-order valence-corrected chi connectivity index (χ2v) is 5.77. The van der Waals surface area contributed by atoms with E-state index < -0.39 is 0 Å². The van der Waals surface area contributed by atoms with E-state index in [2.05, 4.69) is 10.3 Å². The highest BCUT2D eigenvalue weighted by atomic mass is 16.2. The fourth-order valence-electron chi connectivity index (χ4n) is 2.65. The molecule has 0 unspecified atom stereocenters. The molecule has 0 bridgehead atoms. The molecule has 2 aliphatic rings. The van der Waals surface area contributed by atoms with E-state index in [9.17, 15) is 14.4 Å². The Labute approximate surface area is 122 Å². The lowest BCUT2D eigenvalue weighted by molar-refractivity contribution is -0.123. The molecule has 2 fully saturated rings. The molecule has 1 saturated heterocycles. The van der Waals surface area contributed by atoms with Gasteiger partial charge in [-0.05, 0) is 25.7 Å². The van der Waals surface area contributed by atoms with Gasteiger partial charge in [-0.25, -0.2) is 0 Å². The van der Waals surface area contributed by atoms with E-state index in [1.54, 1.807) is 4.90 Å². The van der Waals surface area contributed by atoms with E-state index in [1.807, 2.05) is 0 Å². The van der Waals surface area contributed by atoms with Crippen LogP contribution in [0, 0.1) is 5.92 Å². The molecule has 21 heavy (non-hydrogen) atoms. The molecule has 0 aromatic carbocycles. The number of aromatic nitrogens is 1. The minimum absolute atomic E-state index is 0.149. The van der Waals surface area contributed by atoms with Gasteiger partial charge < -0.3 is 15.2 Å². The standard InChI is InChI=1S/C15H19N3O3/c19-13-3-6-16-9-12(13)15(21)18-7-4-11(5-8-18)17-14(20)10-1-2-10/h3,6,9-11H,1-2,4-5,7-8H2,(H,16,19)(H,17,20). The second kappa shape index (κ2) is 5.71. The number of nitrogens with zero attached hydrogens (tertiary/aromatic N) is 1. The van der Waals surface area contributed by atoms with Crippen molar-refractivity contribution >= 4 is 11.8 Å². The summed E-state index contributed by atoms with van der Waals surface area (Å²) >= 11 is 0. The number of H-pyrrole nitrogens is 1. The minimum Gasteiger partial charge on any atom is -0.367 e. The van der Waals surface area contributed by atoms with Crippen molar-refractivity contribution < 1.29 is 9.59 Å². The van der Waals surface area contributed by atoms with Crippen molar-refractivity contribution in [2.24, 2.45) is 5.92 Å². The molecule has 1 saturated carbocycles. The van der Waals surface area contributed by atoms with Gasteiger partial charge in [-0.2, -0.15) is 0 Å². The van der Waals surface area contributed by atoms with Gasteiger partial charge in [0.25, 0.3) is 5.91 Å². The first kappa shape index (κ1) is 13.9. The van der Waals surface area contributed by atoms with Crippen molar-refractivity contribution in [1.29, 1.82) is 0 Å². The molecule has 6 heteroatoms. The molecule has 1 aromatic rings. The number of nitrogens with one attached hydrogen (secondary N) is 2. The number of hydrogen-bond donors (Lipinski definition) is 2. The largest absolute Gasteiger partial charge is 0.367 e. The SMILES string of the molecule is O=C(NC1CCN(C(=O)c2c[nH]ccc2=O)CC1)C1CC1. The summed E-state index contributed by atoms with van der Waals surface area (Å²) in [4.78, 5) is 40.1. The summed E-state index contributed by atoms with van der Waals surface area (Å²) in [5.41, 5.74) is -0.0825. The van der Waals surface area contributed by atoms with Crippen LogP contribution >= 0.6 is 0 Å². The van der Waals surface area contributed by atoms with Crippen LogP contribution in [0.3, 0.4) is 0 Å². The third-order valence-corrected chi connectivity index (χ3v) is 4.13. The number of pyridine rings is 1. The predicted octanol–water partition coefficient (Wildman–Crippen LogP) is 0.506. The smallest absolute Gasteiger partial charge is 0.259 e. The average Bonchev–Trinajstić information content (AvgIpc) is 3.32. The minimum atomic E-state index is -0.261. The van der Waals surface area contributed by atoms with Crippen molar-refractivity contribution in [3.05, 3.63) is 34.2 Å². The number of likely N-dealkylation sites (tertiary alicyclic amines) is 1. The van der Waals surface area contributed by atoms with Gasteiger partial charge in [-0.1, -0.05) is 0 Å². The van der Waals surface area contributed by atoms with E-state index in [-0.39, 0.29) is 34.8 Å². The Morgan fingerprint density at radius 1 is 1.19 bits per heavy atom. The summed E-state index contributed by atoms with van der Waals surface area (Å²) in [5, 5.41) is 3.05. The number of amides is 2. The van der Waals surface area contributed by atoms with Crippen molar-refractivity contribution in [2.75, 3.05) is 13.1 Å². The number of aromatic amines is 1. The molecule has 2 N–H and O–H groups in total. The van der Waals surface area contributed by atoms with Crippen molar-refractivity contribution in [3.63, 3.8) is 0 Å². The Morgan fingerprint density at radius 2 is 1.90 bits per heavy atom. The molecule has 2 amide bonds. The van der Waals surface area contributed by atoms with Crippen LogP contribution < -0.4 is 10.7 Å². The molecule has 1 aromatic heterocycles. The number of piperidine rings is 1. The van der Waals surface area contributed by atoms with Crippen LogP contribution in [0.15, 0.2) is 23.3 Å². The highest BCUT2D eigenvalue weighted by molar-refractivity contribution is 5.93. The van der Waals surface area contributed by atoms with Crippen molar-refractivity contribution in [2.45, 2.75) is 31.7 Å². The molecule has 1 aliphatic heterocycles. The van der Waals surface area contributed by atoms with Gasteiger partial charge in [0.15, 0.2) is 5.43 Å². The number of carbonyl (C=O) groups excluding carboxylic acids is 2. The summed E-state index contributed by atoms with van der Waals surface area (Å²) in [5.74, 6) is 0.135. The molecular formula is C15H19N3O3. The van der Waals surface area contributed by atoms with Crippen LogP contribution in [0.1, 0.15) is 36.0 Å². The van der Waals surface area contributed by atoms with Crippen LogP contribution in [-0.2, 0) is 4.79 Å². The van der Waals surface area contributed by atoms with Gasteiger partial charge in [0.2, 0.25) is 5.91 Å². The summed E-state index contributed by atoms with van der Waals surface area (Å²) in [6, 6.07) is 1.51. The number of rotatable bonds is 3. The van der Waals surface area contributed by atoms with Gasteiger partial charge in [-0.15, -0.1) is 0 Å². The van der Waals surface area contributed by atoms with Crippen LogP contribution in [0.5, 0.6) is 0 Å². The molecular weight excluding hydrogens is 270 g/mol. The van der Waals surface area contributed by atoms with Gasteiger partial charge in [0.05, 0.1) is 0 Å². The Morgan fingerprint density at radius 3 is 2.52 bits per heavy atom. The maximum absolute atomic E-state index is 12.3. The maximum atomic E-state index is 12.3. The summed E-state index contributed by atoms with van der Waals surface area (Å²) in [6.45, 7) is 1.14. The third-order valence-electron chi connectivity index (χ3n) is 4.13. The van der Waals surface area contributed by atoms with Gasteiger partial charge in [-0.3, -0.25) is 14.4 Å². The quantitative estimate of drug-likeness (QED) is 0.850. The van der Waals surface area contributed by atoms with Crippen LogP contribution in [0.4, 0.5) is 0 Å². The molecule has 3 rings (SSSR count). The first-order chi connectivity index (χ1) is 10.1. The van der Waals surface area contributed by atoms with E-state index in [4.69, 9.17) is 0 Å². The Kier molecular flexibility index (Phi) is 3.77. The van der Waals surface area contributed by atoms with Crippen LogP contribution in [-0.4, -0.2) is 40.8 Å². The maximum Gasteiger partial charge on any atom is 0.259 e. The summed E-state index contributed by atoms with van der Waals surface area (Å²) in [7, 11) is 0. The predicted molar refractivity (Wildman–Crippen MR) is 76.9 cm³/mol. The lowest BCUT2D eigenvalue weighted by atomic mass is 10.0. The first-order valence-corrected chi connectivity index (χ1v) is 7.42. The highest BCUT2D eigenvalue weighted by Crippen LogP contribution is 2.29. The molecule has 6 nitrogen and oxygen atoms in total. The molecule has 112 valence electrons. The molecule has 0 spiro atoms. The van der Waals surface area contributed by atoms with Gasteiger partial charge in [0, 0.05) is 43.5 Å². The van der Waals surface area contributed by atoms with E-state index >= 15 is 0 Å². The van der Waals surface area contributed by atoms with E-state index in [1.165, 1.54) is 18.5 Å². The first-order valence-electron chi connectivity index (χ1n) is 7.42. The lowest BCUT2D eigenvalue weighted by Gasteiger charge is -2.32. The Hall–Kier alpha value is -2.11. The zero-order chi connectivity index (χ0) is 14.8. The zero-order valence-corrected chi connectivity index (χ0v) is 11.8. The molecule has 2 heterocycles. The number of hydrogen-bond acceptors (Lipinski definition) is 3. The van der Waals surface area contributed by atoms with E-state index in [0.717, 1.165) is 25.7 Å². The zero-order valence-electron chi connectivity index (χ0n) is 11.8. The third kappa shape index (κ3) is 3.15. The highest BCUT2D eigenvalue weighted by Gasteiger charge is 2.32. The fourth-order valence-corrected chi connectivity index (χ4v) is 2.65. The van der Waals surface area contributed by atoms with Crippen molar-refractivity contribution in [1.82, 2.24) is 15.2 Å². The monoisotopic (exact) mass is 289 g/mol. The van der Waals surface area contributed by atoms with Crippen molar-refractivity contribution in [3.8, 4) is 0 Å². The number of carbonyl (C=O) groups is 2. The Balaban J connectivity index is 1.55. The average molecular weight is 289 g/mol. The fraction of sp³-hybridized carbons (Fsp3) is 0.533. The summed E-state index contributed by atoms with van der Waals surface area (Å²) < 4.78 is 0. The molecule has 1 aliphatic carbocycles. The van der Waals surface area contributed by atoms with Gasteiger partial charge in [0.1, 0.15) is 5.56 Å². The molecule has 0 radical (unpaired) electrons. The van der Waals surface area contributed by atoms with Gasteiger partial charge >= 0.3 is 0 Å².